The van der Waals surface area contributed by atoms with Gasteiger partial charge in [0.1, 0.15) is 0 Å². The summed E-state index contributed by atoms with van der Waals surface area (Å²) in [6.45, 7) is 8.89. The average Bonchev–Trinajstić information content (AvgIpc) is 2.46. The first-order valence-corrected chi connectivity index (χ1v) is 7.87. The minimum Gasteiger partial charge on any atom is -0.388 e. The van der Waals surface area contributed by atoms with Gasteiger partial charge in [0.2, 0.25) is 0 Å². The van der Waals surface area contributed by atoms with Crippen molar-refractivity contribution in [3.8, 4) is 0 Å². The number of hydrogen-bond donors (Lipinski definition) is 1. The number of aliphatic hydroxyl groups excluding tert-OH is 1. The Kier molecular flexibility index (Phi) is 5.82. The molecular formula is C15H23BrN2O. The summed E-state index contributed by atoms with van der Waals surface area (Å²) in [6.07, 6.45) is 0.425. The highest BCUT2D eigenvalue weighted by atomic mass is 79.9. The second-order valence-electron chi connectivity index (χ2n) is 5.10. The molecule has 1 unspecified atom stereocenters. The van der Waals surface area contributed by atoms with E-state index in [0.29, 0.717) is 0 Å². The number of aliphatic hydroxyl groups is 1. The van der Waals surface area contributed by atoms with Gasteiger partial charge >= 0.3 is 0 Å². The highest BCUT2D eigenvalue weighted by molar-refractivity contribution is 9.10. The van der Waals surface area contributed by atoms with Gasteiger partial charge in [-0.25, -0.2) is 0 Å². The minimum absolute atomic E-state index is 0.375. The molecule has 1 atom stereocenters. The molecule has 0 radical (unpaired) electrons. The van der Waals surface area contributed by atoms with Crippen LogP contribution < -0.4 is 0 Å². The van der Waals surface area contributed by atoms with Crippen molar-refractivity contribution in [2.75, 3.05) is 39.3 Å². The molecule has 0 aliphatic carbocycles. The highest BCUT2D eigenvalue weighted by Gasteiger charge is 2.17. The molecule has 1 fully saturated rings. The quantitative estimate of drug-likeness (QED) is 0.900. The van der Waals surface area contributed by atoms with Gasteiger partial charge < -0.3 is 14.9 Å². The van der Waals surface area contributed by atoms with Crippen LogP contribution in [-0.4, -0.2) is 54.2 Å². The molecule has 1 aliphatic rings. The summed E-state index contributed by atoms with van der Waals surface area (Å²) in [5, 5.41) is 10.3. The molecule has 1 aromatic rings. The molecule has 1 heterocycles. The van der Waals surface area contributed by atoms with E-state index in [1.807, 2.05) is 24.3 Å². The van der Waals surface area contributed by atoms with Gasteiger partial charge in [0, 0.05) is 37.2 Å². The summed E-state index contributed by atoms with van der Waals surface area (Å²) < 4.78 is 0.998. The molecule has 0 spiro atoms. The summed E-state index contributed by atoms with van der Waals surface area (Å²) in [6, 6.07) is 7.93. The lowest BCUT2D eigenvalue weighted by molar-refractivity contribution is 0.105. The maximum atomic E-state index is 10.3. The van der Waals surface area contributed by atoms with Crippen molar-refractivity contribution in [3.05, 3.63) is 34.3 Å². The number of rotatable bonds is 5. The van der Waals surface area contributed by atoms with E-state index < -0.39 is 0 Å². The van der Waals surface area contributed by atoms with Crippen LogP contribution in [0.4, 0.5) is 0 Å². The summed E-state index contributed by atoms with van der Waals surface area (Å²) in [4.78, 5) is 4.92. The van der Waals surface area contributed by atoms with Crippen LogP contribution in [0.25, 0.3) is 0 Å². The fraction of sp³-hybridized carbons (Fsp3) is 0.600. The molecular weight excluding hydrogens is 304 g/mol. The zero-order valence-corrected chi connectivity index (χ0v) is 13.1. The maximum absolute atomic E-state index is 10.3. The Morgan fingerprint density at radius 2 is 1.79 bits per heavy atom. The smallest absolute Gasteiger partial charge is 0.0813 e. The van der Waals surface area contributed by atoms with Crippen molar-refractivity contribution in [1.29, 1.82) is 0 Å². The van der Waals surface area contributed by atoms with E-state index in [9.17, 15) is 5.11 Å². The molecule has 0 saturated carbocycles. The van der Waals surface area contributed by atoms with Crippen molar-refractivity contribution in [3.63, 3.8) is 0 Å². The van der Waals surface area contributed by atoms with Gasteiger partial charge in [-0.2, -0.15) is 0 Å². The van der Waals surface area contributed by atoms with Crippen LogP contribution in [0.1, 0.15) is 25.0 Å². The Hall–Kier alpha value is -0.420. The lowest BCUT2D eigenvalue weighted by Gasteiger charge is -2.34. The Balaban J connectivity index is 1.78. The predicted molar refractivity (Wildman–Crippen MR) is 82.3 cm³/mol. The summed E-state index contributed by atoms with van der Waals surface area (Å²) in [5.41, 5.74) is 0.995. The van der Waals surface area contributed by atoms with E-state index >= 15 is 0 Å². The van der Waals surface area contributed by atoms with Crippen LogP contribution >= 0.6 is 15.9 Å². The van der Waals surface area contributed by atoms with E-state index in [2.05, 4.69) is 32.7 Å². The Labute approximate surface area is 124 Å². The summed E-state index contributed by atoms with van der Waals surface area (Å²) >= 11 is 3.50. The second kappa shape index (κ2) is 7.39. The van der Waals surface area contributed by atoms with Gasteiger partial charge in [-0.15, -0.1) is 0 Å². The molecule has 1 aliphatic heterocycles. The van der Waals surface area contributed by atoms with Gasteiger partial charge in [0.25, 0.3) is 0 Å². The third-order valence-corrected chi connectivity index (χ3v) is 4.62. The molecule has 3 nitrogen and oxygen atoms in total. The fourth-order valence-electron chi connectivity index (χ4n) is 2.53. The number of halogens is 1. The number of likely N-dealkylation sites (N-methyl/N-ethyl adjacent to an activating group) is 1. The van der Waals surface area contributed by atoms with Crippen molar-refractivity contribution >= 4 is 15.9 Å². The number of piperazine rings is 1. The molecule has 1 N–H and O–H groups in total. The minimum atomic E-state index is -0.375. The third-order valence-electron chi connectivity index (χ3n) is 3.90. The Morgan fingerprint density at radius 3 is 2.42 bits per heavy atom. The van der Waals surface area contributed by atoms with Crippen LogP contribution in [0.3, 0.4) is 0 Å². The van der Waals surface area contributed by atoms with Crippen LogP contribution in [0.15, 0.2) is 28.7 Å². The average molecular weight is 327 g/mol. The van der Waals surface area contributed by atoms with E-state index in [0.717, 1.165) is 55.7 Å². The normalized spacial score (nSPS) is 19.5. The molecule has 4 heteroatoms. The molecule has 19 heavy (non-hydrogen) atoms. The first-order chi connectivity index (χ1) is 9.20. The first kappa shape index (κ1) is 15.0. The topological polar surface area (TPSA) is 26.7 Å². The monoisotopic (exact) mass is 326 g/mol. The predicted octanol–water partition coefficient (Wildman–Crippen LogP) is 2.51. The van der Waals surface area contributed by atoms with Crippen molar-refractivity contribution < 1.29 is 5.11 Å². The number of hydrogen-bond acceptors (Lipinski definition) is 3. The van der Waals surface area contributed by atoms with Gasteiger partial charge in [-0.1, -0.05) is 41.1 Å². The zero-order chi connectivity index (χ0) is 13.7. The standard InChI is InChI=1S/C15H23BrN2O/c1-2-17-9-11-18(12-10-17)8-7-15(19)13-5-3-4-6-14(13)16/h3-6,15,19H,2,7-12H2,1H3. The van der Waals surface area contributed by atoms with Gasteiger partial charge in [-0.3, -0.25) is 0 Å². The van der Waals surface area contributed by atoms with Crippen LogP contribution in [0.5, 0.6) is 0 Å². The molecule has 1 aromatic carbocycles. The van der Waals surface area contributed by atoms with Gasteiger partial charge in [-0.05, 0) is 24.6 Å². The molecule has 2 rings (SSSR count). The Morgan fingerprint density at radius 1 is 1.16 bits per heavy atom. The zero-order valence-electron chi connectivity index (χ0n) is 11.6. The molecule has 0 aromatic heterocycles. The van der Waals surface area contributed by atoms with E-state index in [1.165, 1.54) is 0 Å². The van der Waals surface area contributed by atoms with Crippen molar-refractivity contribution in [1.82, 2.24) is 9.80 Å². The molecule has 0 bridgehead atoms. The van der Waals surface area contributed by atoms with E-state index in [-0.39, 0.29) is 6.10 Å². The van der Waals surface area contributed by atoms with Crippen molar-refractivity contribution in [2.45, 2.75) is 19.4 Å². The Bertz CT molecular complexity index is 391. The van der Waals surface area contributed by atoms with Crippen molar-refractivity contribution in [2.24, 2.45) is 0 Å². The summed E-state index contributed by atoms with van der Waals surface area (Å²) in [5.74, 6) is 0. The van der Waals surface area contributed by atoms with Gasteiger partial charge in [0.05, 0.1) is 6.10 Å². The fourth-order valence-corrected chi connectivity index (χ4v) is 3.08. The number of nitrogens with zero attached hydrogens (tertiary/aromatic N) is 2. The third kappa shape index (κ3) is 4.28. The SMILES string of the molecule is CCN1CCN(CCC(O)c2ccccc2Br)CC1. The molecule has 1 saturated heterocycles. The largest absolute Gasteiger partial charge is 0.388 e. The second-order valence-corrected chi connectivity index (χ2v) is 5.96. The number of benzene rings is 1. The van der Waals surface area contributed by atoms with Crippen LogP contribution in [0.2, 0.25) is 0 Å². The lowest BCUT2D eigenvalue weighted by Crippen LogP contribution is -2.46. The van der Waals surface area contributed by atoms with E-state index in [4.69, 9.17) is 0 Å². The highest BCUT2D eigenvalue weighted by Crippen LogP contribution is 2.25. The summed E-state index contributed by atoms with van der Waals surface area (Å²) in [7, 11) is 0. The lowest BCUT2D eigenvalue weighted by atomic mass is 10.1. The molecule has 0 amide bonds. The molecule has 106 valence electrons. The van der Waals surface area contributed by atoms with E-state index in [1.54, 1.807) is 0 Å². The van der Waals surface area contributed by atoms with Crippen LogP contribution in [-0.2, 0) is 0 Å². The van der Waals surface area contributed by atoms with Crippen LogP contribution in [0, 0.1) is 0 Å². The van der Waals surface area contributed by atoms with Gasteiger partial charge in [0.15, 0.2) is 0 Å². The maximum Gasteiger partial charge on any atom is 0.0813 e. The first-order valence-electron chi connectivity index (χ1n) is 7.08.